The molecule has 1 heterocycles. The van der Waals surface area contributed by atoms with Gasteiger partial charge >= 0.3 is 0 Å². The van der Waals surface area contributed by atoms with Gasteiger partial charge in [-0.25, -0.2) is 0 Å². The second-order valence-corrected chi connectivity index (χ2v) is 5.70. The van der Waals surface area contributed by atoms with E-state index in [2.05, 4.69) is 21.9 Å². The van der Waals surface area contributed by atoms with Gasteiger partial charge in [0.25, 0.3) is 5.91 Å². The zero-order chi connectivity index (χ0) is 14.8. The molecule has 2 N–H and O–H groups in total. The van der Waals surface area contributed by atoms with E-state index >= 15 is 0 Å². The fourth-order valence-electron chi connectivity index (χ4n) is 1.92. The average molecular weight is 295 g/mol. The quantitative estimate of drug-likeness (QED) is 0.687. The molecule has 0 aliphatic rings. The number of unbranched alkanes of at least 4 members (excludes halogenated alkanes) is 2. The summed E-state index contributed by atoms with van der Waals surface area (Å²) < 4.78 is 0. The van der Waals surface area contributed by atoms with Crippen molar-refractivity contribution in [3.05, 3.63) is 23.5 Å². The molecule has 0 saturated carbocycles. The van der Waals surface area contributed by atoms with Gasteiger partial charge in [0.2, 0.25) is 0 Å². The summed E-state index contributed by atoms with van der Waals surface area (Å²) >= 11 is 1.87. The highest BCUT2D eigenvalue weighted by molar-refractivity contribution is 7.98. The number of hydrogen-bond donors (Lipinski definition) is 2. The minimum Gasteiger partial charge on any atom is -0.385 e. The Labute approximate surface area is 126 Å². The van der Waals surface area contributed by atoms with Crippen LogP contribution in [0.4, 0.5) is 5.69 Å². The van der Waals surface area contributed by atoms with Crippen LogP contribution in [0.15, 0.2) is 12.3 Å². The van der Waals surface area contributed by atoms with Crippen LogP contribution in [0.25, 0.3) is 0 Å². The highest BCUT2D eigenvalue weighted by atomic mass is 32.2. The van der Waals surface area contributed by atoms with Crippen molar-refractivity contribution < 1.29 is 4.79 Å². The fraction of sp³-hybridized carbons (Fsp3) is 0.600. The van der Waals surface area contributed by atoms with E-state index in [-0.39, 0.29) is 5.91 Å². The summed E-state index contributed by atoms with van der Waals surface area (Å²) in [7, 11) is 0. The summed E-state index contributed by atoms with van der Waals surface area (Å²) in [6, 6.07) is 1.91. The molecule has 0 saturated heterocycles. The third-order valence-corrected chi connectivity index (χ3v) is 3.66. The number of anilines is 1. The third-order valence-electron chi connectivity index (χ3n) is 2.96. The predicted octanol–water partition coefficient (Wildman–Crippen LogP) is 3.08. The van der Waals surface area contributed by atoms with Gasteiger partial charge in [-0.3, -0.25) is 9.78 Å². The molecular formula is C15H25N3OS. The maximum absolute atomic E-state index is 12.1. The Kier molecular flexibility index (Phi) is 8.11. The summed E-state index contributed by atoms with van der Waals surface area (Å²) in [5.41, 5.74) is 2.40. The molecule has 5 heteroatoms. The molecule has 0 spiro atoms. The van der Waals surface area contributed by atoms with Crippen molar-refractivity contribution in [3.8, 4) is 0 Å². The number of hydrogen-bond acceptors (Lipinski definition) is 4. The standard InChI is InChI=1S/C15H25N3OS/c1-4-16-14-10-12(2)18-11-13(14)15(19)17-8-6-5-7-9-20-3/h10-11H,4-9H2,1-3H3,(H,16,18)(H,17,19). The van der Waals surface area contributed by atoms with Crippen LogP contribution in [0.3, 0.4) is 0 Å². The van der Waals surface area contributed by atoms with E-state index in [1.807, 2.05) is 31.7 Å². The fourth-order valence-corrected chi connectivity index (χ4v) is 2.42. The molecule has 1 aromatic rings. The molecule has 0 fully saturated rings. The molecule has 0 aliphatic heterocycles. The summed E-state index contributed by atoms with van der Waals surface area (Å²) in [5.74, 6) is 1.15. The van der Waals surface area contributed by atoms with E-state index in [0.717, 1.165) is 37.3 Å². The van der Waals surface area contributed by atoms with Gasteiger partial charge in [-0.1, -0.05) is 6.42 Å². The van der Waals surface area contributed by atoms with E-state index in [0.29, 0.717) is 5.56 Å². The molecule has 1 amide bonds. The summed E-state index contributed by atoms with van der Waals surface area (Å²) in [5, 5.41) is 6.18. The van der Waals surface area contributed by atoms with Crippen LogP contribution in [0.2, 0.25) is 0 Å². The Morgan fingerprint density at radius 3 is 2.85 bits per heavy atom. The topological polar surface area (TPSA) is 54.0 Å². The van der Waals surface area contributed by atoms with Gasteiger partial charge in [0.15, 0.2) is 0 Å². The van der Waals surface area contributed by atoms with E-state index in [4.69, 9.17) is 0 Å². The first-order valence-electron chi connectivity index (χ1n) is 7.16. The lowest BCUT2D eigenvalue weighted by atomic mass is 10.2. The monoisotopic (exact) mass is 295 g/mol. The first-order valence-corrected chi connectivity index (χ1v) is 8.56. The molecule has 0 aromatic carbocycles. The number of aromatic nitrogens is 1. The van der Waals surface area contributed by atoms with Crippen molar-refractivity contribution in [2.24, 2.45) is 0 Å². The molecule has 4 nitrogen and oxygen atoms in total. The predicted molar refractivity (Wildman–Crippen MR) is 87.7 cm³/mol. The van der Waals surface area contributed by atoms with E-state index in [9.17, 15) is 4.79 Å². The zero-order valence-electron chi connectivity index (χ0n) is 12.7. The smallest absolute Gasteiger partial charge is 0.254 e. The lowest BCUT2D eigenvalue weighted by Gasteiger charge is -2.11. The van der Waals surface area contributed by atoms with Gasteiger partial charge < -0.3 is 10.6 Å². The van der Waals surface area contributed by atoms with Crippen molar-refractivity contribution in [1.82, 2.24) is 10.3 Å². The van der Waals surface area contributed by atoms with Gasteiger partial charge in [0, 0.05) is 25.0 Å². The first kappa shape index (κ1) is 16.8. The number of nitrogens with zero attached hydrogens (tertiary/aromatic N) is 1. The maximum Gasteiger partial charge on any atom is 0.254 e. The van der Waals surface area contributed by atoms with Gasteiger partial charge in [0.05, 0.1) is 11.3 Å². The second-order valence-electron chi connectivity index (χ2n) is 4.71. The second kappa shape index (κ2) is 9.64. The number of thioether (sulfide) groups is 1. The Morgan fingerprint density at radius 2 is 2.15 bits per heavy atom. The zero-order valence-corrected chi connectivity index (χ0v) is 13.5. The van der Waals surface area contributed by atoms with E-state index in [1.54, 1.807) is 6.20 Å². The minimum absolute atomic E-state index is 0.0432. The summed E-state index contributed by atoms with van der Waals surface area (Å²) in [4.78, 5) is 16.4. The van der Waals surface area contributed by atoms with Crippen LogP contribution >= 0.6 is 11.8 Å². The molecule has 0 aliphatic carbocycles. The number of carbonyl (C=O) groups excluding carboxylic acids is 1. The Bertz CT molecular complexity index is 424. The number of amides is 1. The number of rotatable bonds is 9. The van der Waals surface area contributed by atoms with Gasteiger partial charge in [-0.2, -0.15) is 11.8 Å². The van der Waals surface area contributed by atoms with Gasteiger partial charge in [-0.05, 0) is 44.8 Å². The molecule has 20 heavy (non-hydrogen) atoms. The van der Waals surface area contributed by atoms with Crippen LogP contribution in [0, 0.1) is 6.92 Å². The average Bonchev–Trinajstić information content (AvgIpc) is 2.43. The molecule has 0 atom stereocenters. The number of pyridine rings is 1. The van der Waals surface area contributed by atoms with Crippen LogP contribution in [-0.2, 0) is 0 Å². The van der Waals surface area contributed by atoms with Crippen LogP contribution in [0.1, 0.15) is 42.2 Å². The Balaban J connectivity index is 2.46. The van der Waals surface area contributed by atoms with E-state index in [1.165, 1.54) is 12.2 Å². The van der Waals surface area contributed by atoms with Gasteiger partial charge in [-0.15, -0.1) is 0 Å². The third kappa shape index (κ3) is 5.82. The summed E-state index contributed by atoms with van der Waals surface area (Å²) in [6.45, 7) is 5.46. The first-order chi connectivity index (χ1) is 9.69. The minimum atomic E-state index is -0.0432. The van der Waals surface area contributed by atoms with Crippen molar-refractivity contribution >= 4 is 23.4 Å². The molecule has 0 radical (unpaired) electrons. The molecular weight excluding hydrogens is 270 g/mol. The lowest BCUT2D eigenvalue weighted by Crippen LogP contribution is -2.25. The van der Waals surface area contributed by atoms with Crippen LogP contribution in [-0.4, -0.2) is 36.0 Å². The highest BCUT2D eigenvalue weighted by Gasteiger charge is 2.11. The van der Waals surface area contributed by atoms with Crippen LogP contribution < -0.4 is 10.6 Å². The molecule has 1 aromatic heterocycles. The lowest BCUT2D eigenvalue weighted by molar-refractivity contribution is 0.0953. The normalized spacial score (nSPS) is 10.3. The molecule has 0 unspecified atom stereocenters. The van der Waals surface area contributed by atoms with Crippen molar-refractivity contribution in [3.63, 3.8) is 0 Å². The summed E-state index contributed by atoms with van der Waals surface area (Å²) in [6.07, 6.45) is 7.17. The van der Waals surface area contributed by atoms with Crippen LogP contribution in [0.5, 0.6) is 0 Å². The Hall–Kier alpha value is -1.23. The van der Waals surface area contributed by atoms with Crippen molar-refractivity contribution in [1.29, 1.82) is 0 Å². The molecule has 0 bridgehead atoms. The number of nitrogens with one attached hydrogen (secondary N) is 2. The largest absolute Gasteiger partial charge is 0.385 e. The van der Waals surface area contributed by atoms with Crippen molar-refractivity contribution in [2.75, 3.05) is 30.4 Å². The maximum atomic E-state index is 12.1. The Morgan fingerprint density at radius 1 is 1.35 bits per heavy atom. The SMILES string of the molecule is CCNc1cc(C)ncc1C(=O)NCCCCCSC. The molecule has 112 valence electrons. The van der Waals surface area contributed by atoms with Crippen molar-refractivity contribution in [2.45, 2.75) is 33.1 Å². The highest BCUT2D eigenvalue weighted by Crippen LogP contribution is 2.15. The number of aryl methyl sites for hydroxylation is 1. The van der Waals surface area contributed by atoms with Gasteiger partial charge in [0.1, 0.15) is 0 Å². The number of carbonyl (C=O) groups is 1. The molecule has 1 rings (SSSR count). The van der Waals surface area contributed by atoms with E-state index < -0.39 is 0 Å².